The Bertz CT molecular complexity index is 564. The molecule has 0 bridgehead atoms. The molecule has 0 aromatic carbocycles. The molecule has 7 nitrogen and oxygen atoms in total. The summed E-state index contributed by atoms with van der Waals surface area (Å²) in [5.41, 5.74) is 0.492. The van der Waals surface area contributed by atoms with Gasteiger partial charge in [0, 0.05) is 11.3 Å². The number of thiazole rings is 1. The Hall–Kier alpha value is -1.67. The summed E-state index contributed by atoms with van der Waals surface area (Å²) in [6, 6.07) is -0.219. The molecular weight excluding hydrogens is 294 g/mol. The highest BCUT2D eigenvalue weighted by Gasteiger charge is 2.43. The summed E-state index contributed by atoms with van der Waals surface area (Å²) in [5.74, 6) is -0.432. The number of hydrogen-bond acceptors (Lipinski definition) is 5. The van der Waals surface area contributed by atoms with Crippen molar-refractivity contribution in [1.82, 2.24) is 9.88 Å². The Morgan fingerprint density at radius 3 is 2.90 bits per heavy atom. The van der Waals surface area contributed by atoms with Gasteiger partial charge < -0.3 is 14.7 Å². The average molecular weight is 311 g/mol. The van der Waals surface area contributed by atoms with Gasteiger partial charge in [0.25, 0.3) is 0 Å². The number of amides is 2. The molecule has 0 unspecified atom stereocenters. The van der Waals surface area contributed by atoms with E-state index in [1.807, 2.05) is 5.38 Å². The quantitative estimate of drug-likeness (QED) is 0.864. The van der Waals surface area contributed by atoms with Crippen LogP contribution in [0.4, 0.5) is 9.93 Å². The number of ether oxygens (including phenoxy) is 1. The third kappa shape index (κ3) is 3.33. The molecule has 1 aromatic heterocycles. The number of carboxylic acid groups (broad SMARTS) is 1. The van der Waals surface area contributed by atoms with Crippen LogP contribution in [0.5, 0.6) is 0 Å². The molecule has 2 aliphatic rings. The zero-order valence-corrected chi connectivity index (χ0v) is 12.5. The number of likely N-dealkylation sites (tertiary alicyclic amines) is 1. The van der Waals surface area contributed by atoms with E-state index >= 15 is 0 Å². The molecular formula is C13H17N3O4S. The first-order valence-electron chi connectivity index (χ1n) is 6.82. The molecule has 2 fully saturated rings. The third-order valence-electron chi connectivity index (χ3n) is 3.61. The molecule has 0 radical (unpaired) electrons. The summed E-state index contributed by atoms with van der Waals surface area (Å²) >= 11 is 1.43. The van der Waals surface area contributed by atoms with Gasteiger partial charge in [-0.05, 0) is 19.8 Å². The second-order valence-electron chi connectivity index (χ2n) is 5.77. The van der Waals surface area contributed by atoms with Crippen LogP contribution < -0.4 is 5.32 Å². The van der Waals surface area contributed by atoms with Crippen molar-refractivity contribution in [3.63, 3.8) is 0 Å². The lowest BCUT2D eigenvalue weighted by Gasteiger charge is -2.46. The van der Waals surface area contributed by atoms with E-state index in [1.54, 1.807) is 11.8 Å². The minimum absolute atomic E-state index is 0.219. The molecule has 2 heterocycles. The Morgan fingerprint density at radius 1 is 1.57 bits per heavy atom. The number of aliphatic carboxylic acids is 1. The van der Waals surface area contributed by atoms with Crippen LogP contribution >= 0.6 is 11.3 Å². The number of carbonyl (C=O) groups excluding carboxylic acids is 1. The molecule has 3 rings (SSSR count). The Labute approximate surface area is 125 Å². The van der Waals surface area contributed by atoms with Gasteiger partial charge in [-0.2, -0.15) is 0 Å². The zero-order chi connectivity index (χ0) is 15.0. The van der Waals surface area contributed by atoms with Crippen LogP contribution in [-0.4, -0.2) is 52.3 Å². The lowest BCUT2D eigenvalue weighted by Crippen LogP contribution is -2.64. The minimum Gasteiger partial charge on any atom is -0.480 e. The first-order valence-corrected chi connectivity index (χ1v) is 7.70. The van der Waals surface area contributed by atoms with E-state index in [2.05, 4.69) is 10.3 Å². The number of hydrogen-bond donors (Lipinski definition) is 2. The smallest absolute Gasteiger partial charge is 0.329 e. The van der Waals surface area contributed by atoms with Gasteiger partial charge in [0.15, 0.2) is 5.13 Å². The van der Waals surface area contributed by atoms with Gasteiger partial charge in [-0.3, -0.25) is 5.32 Å². The molecule has 0 spiro atoms. The van der Waals surface area contributed by atoms with Gasteiger partial charge in [-0.1, -0.05) is 0 Å². The number of nitrogens with one attached hydrogen (secondary N) is 1. The number of urea groups is 1. The van der Waals surface area contributed by atoms with Gasteiger partial charge in [0.1, 0.15) is 12.2 Å². The SMILES string of the molecule is CC1(OCC(=O)O)CN(C(=O)Nc2nc(C3CC3)cs2)C1. The second-order valence-corrected chi connectivity index (χ2v) is 6.63. The van der Waals surface area contributed by atoms with Gasteiger partial charge in [0.2, 0.25) is 0 Å². The standard InChI is InChI=1S/C13H17N3O4S/c1-13(20-4-10(17)18)6-16(7-13)12(19)15-11-14-9(5-21-11)8-2-3-8/h5,8H,2-4,6-7H2,1H3,(H,17,18)(H,14,15,19). The van der Waals surface area contributed by atoms with E-state index in [-0.39, 0.29) is 12.6 Å². The molecule has 21 heavy (non-hydrogen) atoms. The molecule has 1 aliphatic carbocycles. The summed E-state index contributed by atoms with van der Waals surface area (Å²) in [7, 11) is 0. The predicted octanol–water partition coefficient (Wildman–Crippen LogP) is 1.73. The first kappa shape index (κ1) is 14.3. The Kier molecular flexibility index (Phi) is 3.58. The summed E-state index contributed by atoms with van der Waals surface area (Å²) in [4.78, 5) is 28.5. The maximum Gasteiger partial charge on any atom is 0.329 e. The van der Waals surface area contributed by atoms with E-state index in [1.165, 1.54) is 24.2 Å². The molecule has 1 saturated heterocycles. The lowest BCUT2D eigenvalue weighted by atomic mass is 9.97. The monoisotopic (exact) mass is 311 g/mol. The maximum atomic E-state index is 12.0. The maximum absolute atomic E-state index is 12.0. The largest absolute Gasteiger partial charge is 0.480 e. The zero-order valence-electron chi connectivity index (χ0n) is 11.7. The van der Waals surface area contributed by atoms with Crippen LogP contribution in [0.15, 0.2) is 5.38 Å². The van der Waals surface area contributed by atoms with E-state index in [0.29, 0.717) is 24.1 Å². The highest BCUT2D eigenvalue weighted by Crippen LogP contribution is 2.41. The number of carbonyl (C=O) groups is 2. The highest BCUT2D eigenvalue weighted by atomic mass is 32.1. The van der Waals surface area contributed by atoms with Crippen LogP contribution in [-0.2, 0) is 9.53 Å². The fourth-order valence-corrected chi connectivity index (χ4v) is 3.09. The topological polar surface area (TPSA) is 91.8 Å². The molecule has 2 amide bonds. The van der Waals surface area contributed by atoms with E-state index < -0.39 is 11.6 Å². The Balaban J connectivity index is 1.47. The minimum atomic E-state index is -1.01. The Morgan fingerprint density at radius 2 is 2.29 bits per heavy atom. The predicted molar refractivity (Wildman–Crippen MR) is 76.7 cm³/mol. The lowest BCUT2D eigenvalue weighted by molar-refractivity contribution is -0.159. The van der Waals surface area contributed by atoms with Crippen LogP contribution in [0.3, 0.4) is 0 Å². The molecule has 1 aromatic rings. The number of anilines is 1. The normalized spacial score (nSPS) is 20.0. The van der Waals surface area contributed by atoms with Crippen molar-refractivity contribution in [3.05, 3.63) is 11.1 Å². The van der Waals surface area contributed by atoms with Gasteiger partial charge in [-0.15, -0.1) is 11.3 Å². The van der Waals surface area contributed by atoms with Gasteiger partial charge in [0.05, 0.1) is 18.8 Å². The van der Waals surface area contributed by atoms with E-state index in [0.717, 1.165) is 5.69 Å². The average Bonchev–Trinajstić information content (AvgIpc) is 3.14. The molecule has 1 saturated carbocycles. The molecule has 0 atom stereocenters. The van der Waals surface area contributed by atoms with Crippen molar-refractivity contribution in [2.45, 2.75) is 31.3 Å². The number of aromatic nitrogens is 1. The fourth-order valence-electron chi connectivity index (χ4n) is 2.31. The molecule has 1 aliphatic heterocycles. The van der Waals surface area contributed by atoms with E-state index in [4.69, 9.17) is 9.84 Å². The number of carboxylic acids is 1. The highest BCUT2D eigenvalue weighted by molar-refractivity contribution is 7.13. The van der Waals surface area contributed by atoms with Crippen molar-refractivity contribution in [3.8, 4) is 0 Å². The van der Waals surface area contributed by atoms with Crippen molar-refractivity contribution >= 4 is 28.5 Å². The van der Waals surface area contributed by atoms with E-state index in [9.17, 15) is 9.59 Å². The van der Waals surface area contributed by atoms with Gasteiger partial charge >= 0.3 is 12.0 Å². The van der Waals surface area contributed by atoms with Crippen LogP contribution in [0, 0.1) is 0 Å². The van der Waals surface area contributed by atoms with Crippen molar-refractivity contribution < 1.29 is 19.4 Å². The van der Waals surface area contributed by atoms with Crippen molar-refractivity contribution in [2.75, 3.05) is 25.0 Å². The summed E-state index contributed by atoms with van der Waals surface area (Å²) < 4.78 is 5.27. The van der Waals surface area contributed by atoms with Crippen LogP contribution in [0.2, 0.25) is 0 Å². The number of nitrogens with zero attached hydrogens (tertiary/aromatic N) is 2. The molecule has 8 heteroatoms. The molecule has 114 valence electrons. The number of rotatable bonds is 5. The van der Waals surface area contributed by atoms with Crippen molar-refractivity contribution in [1.29, 1.82) is 0 Å². The summed E-state index contributed by atoms with van der Waals surface area (Å²) in [5, 5.41) is 14.0. The van der Waals surface area contributed by atoms with Gasteiger partial charge in [-0.25, -0.2) is 14.6 Å². The summed E-state index contributed by atoms with van der Waals surface area (Å²) in [6.07, 6.45) is 2.37. The second kappa shape index (κ2) is 5.27. The van der Waals surface area contributed by atoms with Crippen LogP contribution in [0.25, 0.3) is 0 Å². The summed E-state index contributed by atoms with van der Waals surface area (Å²) in [6.45, 7) is 2.22. The van der Waals surface area contributed by atoms with Crippen molar-refractivity contribution in [2.24, 2.45) is 0 Å². The first-order chi connectivity index (χ1) is 9.95. The molecule has 2 N–H and O–H groups in total. The third-order valence-corrected chi connectivity index (χ3v) is 4.39. The van der Waals surface area contributed by atoms with Crippen LogP contribution in [0.1, 0.15) is 31.4 Å². The fraction of sp³-hybridized carbons (Fsp3) is 0.615.